The van der Waals surface area contributed by atoms with Gasteiger partial charge in [-0.3, -0.25) is 0 Å². The monoisotopic (exact) mass is 507 g/mol. The summed E-state index contributed by atoms with van der Waals surface area (Å²) in [5.41, 5.74) is 0.674. The standard InChI is InChI=1S/C34H28BNO2/c1-34(2,3)23-18-19-30-28(20-23)35-27-16-10-11-17-29(27)37-31-21-26(22-32(38-30)33(31)35)36(24-12-6-4-7-13-24)25-14-8-5-9-15-25/h4-22H,1-3H3/i4D,5D,6D,7D,8D,9D,10D,11D,12D,13D,14D,15D,16D,17D. The third-order valence-corrected chi connectivity index (χ3v) is 6.64. The minimum Gasteiger partial charge on any atom is -0.458 e. The highest BCUT2D eigenvalue weighted by atomic mass is 16.5. The quantitative estimate of drug-likeness (QED) is 0.237. The third kappa shape index (κ3) is 3.68. The molecule has 4 heteroatoms. The average Bonchev–Trinajstić information content (AvgIpc) is 3.11. The molecule has 5 aromatic carbocycles. The Labute approximate surface area is 244 Å². The fourth-order valence-corrected chi connectivity index (χ4v) is 4.86. The molecule has 2 aliphatic heterocycles. The Morgan fingerprint density at radius 3 is 1.82 bits per heavy atom. The Hall–Kier alpha value is -4.44. The van der Waals surface area contributed by atoms with E-state index in [0.717, 1.165) is 10.5 Å². The van der Waals surface area contributed by atoms with Gasteiger partial charge in [0.05, 0.1) is 24.9 Å². The van der Waals surface area contributed by atoms with Crippen molar-refractivity contribution in [3.05, 3.63) is 120 Å². The molecule has 0 N–H and O–H groups in total. The van der Waals surface area contributed by atoms with Gasteiger partial charge >= 0.3 is 0 Å². The van der Waals surface area contributed by atoms with Gasteiger partial charge in [0.25, 0.3) is 6.71 Å². The molecule has 0 atom stereocenters. The van der Waals surface area contributed by atoms with Gasteiger partial charge in [0.15, 0.2) is 0 Å². The second-order valence-corrected chi connectivity index (χ2v) is 10.0. The van der Waals surface area contributed by atoms with Crippen LogP contribution in [0.3, 0.4) is 0 Å². The second kappa shape index (κ2) is 8.56. The van der Waals surface area contributed by atoms with Gasteiger partial charge in [-0.05, 0) is 58.2 Å². The zero-order valence-electron chi connectivity index (χ0n) is 34.7. The van der Waals surface area contributed by atoms with Crippen molar-refractivity contribution >= 4 is 40.2 Å². The predicted molar refractivity (Wildman–Crippen MR) is 158 cm³/mol. The van der Waals surface area contributed by atoms with E-state index in [1.54, 1.807) is 6.07 Å². The van der Waals surface area contributed by atoms with Gasteiger partial charge in [-0.1, -0.05) is 87.3 Å². The van der Waals surface area contributed by atoms with Gasteiger partial charge < -0.3 is 14.4 Å². The van der Waals surface area contributed by atoms with Crippen molar-refractivity contribution in [3.63, 3.8) is 0 Å². The van der Waals surface area contributed by atoms with E-state index in [4.69, 9.17) is 28.7 Å². The second-order valence-electron chi connectivity index (χ2n) is 10.0. The third-order valence-electron chi connectivity index (χ3n) is 6.64. The summed E-state index contributed by atoms with van der Waals surface area (Å²) < 4.78 is 133. The molecule has 2 aliphatic rings. The van der Waals surface area contributed by atoms with Crippen LogP contribution in [0.4, 0.5) is 17.1 Å². The van der Waals surface area contributed by atoms with Crippen LogP contribution in [0, 0.1) is 0 Å². The van der Waals surface area contributed by atoms with Gasteiger partial charge in [0.1, 0.15) is 23.0 Å². The van der Waals surface area contributed by atoms with Crippen LogP contribution in [0.1, 0.15) is 45.5 Å². The van der Waals surface area contributed by atoms with Crippen molar-refractivity contribution < 1.29 is 28.7 Å². The maximum Gasteiger partial charge on any atom is 0.260 e. The van der Waals surface area contributed by atoms with Crippen LogP contribution >= 0.6 is 0 Å². The molecular weight excluding hydrogens is 465 g/mol. The van der Waals surface area contributed by atoms with E-state index >= 15 is 0 Å². The molecule has 7 rings (SSSR count). The summed E-state index contributed by atoms with van der Waals surface area (Å²) in [6, 6.07) is -0.590. The van der Waals surface area contributed by atoms with E-state index in [2.05, 4.69) is 0 Å². The molecule has 0 saturated carbocycles. The van der Waals surface area contributed by atoms with Gasteiger partial charge in [-0.15, -0.1) is 0 Å². The van der Waals surface area contributed by atoms with Crippen LogP contribution in [0.25, 0.3) is 0 Å². The normalized spacial score (nSPS) is 18.1. The Balaban J connectivity index is 1.60. The Bertz CT molecular complexity index is 2300. The van der Waals surface area contributed by atoms with E-state index in [0.29, 0.717) is 16.7 Å². The lowest BCUT2D eigenvalue weighted by Crippen LogP contribution is -2.57. The molecule has 0 aromatic heterocycles. The molecule has 0 unspecified atom stereocenters. The number of rotatable bonds is 3. The van der Waals surface area contributed by atoms with Crippen LogP contribution in [0.15, 0.2) is 115 Å². The SMILES string of the molecule is [2H]c1c([2H])c([2H])c(N(c2cc3c4c(c2)Oc2c([2H])c([2H])c([2H])c([2H])c2B4c2cc(C(C)(C)C)ccc2O3)c2c([2H])c([2H])c([2H])c([2H])c2[2H])c([2H])c1[2H]. The molecule has 0 fully saturated rings. The molecule has 0 saturated heterocycles. The van der Waals surface area contributed by atoms with E-state index in [-0.39, 0.29) is 39.9 Å². The first-order valence-electron chi connectivity index (χ1n) is 19.0. The van der Waals surface area contributed by atoms with Crippen LogP contribution in [-0.4, -0.2) is 6.71 Å². The van der Waals surface area contributed by atoms with Gasteiger partial charge in [-0.25, -0.2) is 0 Å². The van der Waals surface area contributed by atoms with Crippen molar-refractivity contribution in [3.8, 4) is 23.0 Å². The summed E-state index contributed by atoms with van der Waals surface area (Å²) in [5.74, 6) is 0.326. The zero-order valence-corrected chi connectivity index (χ0v) is 20.7. The van der Waals surface area contributed by atoms with E-state index in [1.807, 2.05) is 32.9 Å². The summed E-state index contributed by atoms with van der Waals surface area (Å²) in [5, 5.41) is 0. The molecule has 0 radical (unpaired) electrons. The first kappa shape index (κ1) is 12.4. The molecule has 0 amide bonds. The van der Waals surface area contributed by atoms with Crippen molar-refractivity contribution in [2.24, 2.45) is 0 Å². The highest BCUT2D eigenvalue weighted by molar-refractivity contribution is 6.98. The molecule has 0 aliphatic carbocycles. The van der Waals surface area contributed by atoms with Crippen molar-refractivity contribution in [2.75, 3.05) is 4.90 Å². The molecule has 184 valence electrons. The van der Waals surface area contributed by atoms with E-state index < -0.39 is 96.6 Å². The summed E-state index contributed by atoms with van der Waals surface area (Å²) in [6.07, 6.45) is 0. The fraction of sp³-hybridized carbons (Fsp3) is 0.118. The molecule has 3 nitrogen and oxygen atoms in total. The van der Waals surface area contributed by atoms with Crippen LogP contribution in [0.2, 0.25) is 0 Å². The summed E-state index contributed by atoms with van der Waals surface area (Å²) in [4.78, 5) is 0.979. The number of benzene rings is 5. The highest BCUT2D eigenvalue weighted by Crippen LogP contribution is 2.42. The molecule has 2 heterocycles. The first-order chi connectivity index (χ1) is 24.3. The lowest BCUT2D eigenvalue weighted by Gasteiger charge is -2.35. The number of anilines is 3. The van der Waals surface area contributed by atoms with E-state index in [9.17, 15) is 0 Å². The zero-order chi connectivity index (χ0) is 38.0. The predicted octanol–water partition coefficient (Wildman–Crippen LogP) is 7.18. The van der Waals surface area contributed by atoms with E-state index in [1.165, 1.54) is 12.1 Å². The van der Waals surface area contributed by atoms with Crippen LogP contribution < -0.4 is 30.8 Å². The average molecular weight is 508 g/mol. The number of fused-ring (bicyclic) bond motifs is 4. The maximum atomic E-state index is 8.94. The number of nitrogens with zero attached hydrogens (tertiary/aromatic N) is 1. The molecule has 38 heavy (non-hydrogen) atoms. The largest absolute Gasteiger partial charge is 0.458 e. The Morgan fingerprint density at radius 2 is 1.18 bits per heavy atom. The van der Waals surface area contributed by atoms with Crippen LogP contribution in [0.5, 0.6) is 23.0 Å². The van der Waals surface area contributed by atoms with Crippen molar-refractivity contribution in [2.45, 2.75) is 26.2 Å². The van der Waals surface area contributed by atoms with Gasteiger partial charge in [-0.2, -0.15) is 0 Å². The topological polar surface area (TPSA) is 21.7 Å². The fourth-order valence-electron chi connectivity index (χ4n) is 4.86. The first-order valence-corrected chi connectivity index (χ1v) is 12.0. The number of hydrogen-bond donors (Lipinski definition) is 0. The molecule has 0 spiro atoms. The smallest absolute Gasteiger partial charge is 0.260 e. The molecule has 0 bridgehead atoms. The Kier molecular flexibility index (Phi) is 2.79. The lowest BCUT2D eigenvalue weighted by atomic mass is 9.34. The number of para-hydroxylation sites is 3. The lowest BCUT2D eigenvalue weighted by molar-refractivity contribution is 0.464. The maximum absolute atomic E-state index is 8.94. The summed E-state index contributed by atoms with van der Waals surface area (Å²) in [7, 11) is 0. The van der Waals surface area contributed by atoms with Crippen molar-refractivity contribution in [1.82, 2.24) is 0 Å². The summed E-state index contributed by atoms with van der Waals surface area (Å²) in [6.45, 7) is 5.26. The van der Waals surface area contributed by atoms with Crippen LogP contribution in [-0.2, 0) is 5.41 Å². The molecule has 5 aromatic rings. The van der Waals surface area contributed by atoms with Crippen molar-refractivity contribution in [1.29, 1.82) is 0 Å². The van der Waals surface area contributed by atoms with Gasteiger partial charge in [0, 0.05) is 29.0 Å². The highest BCUT2D eigenvalue weighted by Gasteiger charge is 2.41. The number of ether oxygens (including phenoxy) is 2. The van der Waals surface area contributed by atoms with Gasteiger partial charge in [0.2, 0.25) is 0 Å². The summed E-state index contributed by atoms with van der Waals surface area (Å²) >= 11 is 0. The number of hydrogen-bond acceptors (Lipinski definition) is 3. The minimum atomic E-state index is -0.829. The Morgan fingerprint density at radius 1 is 0.605 bits per heavy atom. The minimum absolute atomic E-state index is 0.0200. The molecular formula is C34H28BNO2.